The van der Waals surface area contributed by atoms with Crippen molar-refractivity contribution in [1.29, 1.82) is 0 Å². The van der Waals surface area contributed by atoms with Gasteiger partial charge in [0.25, 0.3) is 0 Å². The molecule has 1 heterocycles. The van der Waals surface area contributed by atoms with Crippen LogP contribution in [0.25, 0.3) is 0 Å². The van der Waals surface area contributed by atoms with Crippen LogP contribution >= 0.6 is 11.8 Å². The Balaban J connectivity index is 2.91. The van der Waals surface area contributed by atoms with Crippen molar-refractivity contribution in [1.82, 2.24) is 4.98 Å². The van der Waals surface area contributed by atoms with Crippen molar-refractivity contribution in [2.45, 2.75) is 36.3 Å². The summed E-state index contributed by atoms with van der Waals surface area (Å²) in [5.41, 5.74) is 5.48. The number of aliphatic carboxylic acids is 1. The molecule has 1 aromatic heterocycles. The molecule has 0 aliphatic carbocycles. The summed E-state index contributed by atoms with van der Waals surface area (Å²) >= 11 is 1.34. The SMILES string of the molecule is CCC(CC)(Sc1ccc(N)nc1)C(=O)O. The molecule has 4 nitrogen and oxygen atoms in total. The van der Waals surface area contributed by atoms with E-state index in [1.54, 1.807) is 18.3 Å². The first-order chi connectivity index (χ1) is 7.54. The van der Waals surface area contributed by atoms with Crippen molar-refractivity contribution in [2.24, 2.45) is 0 Å². The summed E-state index contributed by atoms with van der Waals surface area (Å²) in [7, 11) is 0. The number of carboxylic acids is 1. The van der Waals surface area contributed by atoms with Crippen molar-refractivity contribution in [3.63, 3.8) is 0 Å². The summed E-state index contributed by atoms with van der Waals surface area (Å²) in [4.78, 5) is 16.1. The van der Waals surface area contributed by atoms with Gasteiger partial charge >= 0.3 is 5.97 Å². The number of nitrogens with two attached hydrogens (primary N) is 1. The van der Waals surface area contributed by atoms with E-state index in [1.807, 2.05) is 13.8 Å². The fourth-order valence-electron chi connectivity index (χ4n) is 1.42. The highest BCUT2D eigenvalue weighted by molar-refractivity contribution is 8.01. The summed E-state index contributed by atoms with van der Waals surface area (Å²) < 4.78 is -0.766. The van der Waals surface area contributed by atoms with Gasteiger partial charge in [-0.15, -0.1) is 11.8 Å². The monoisotopic (exact) mass is 240 g/mol. The highest BCUT2D eigenvalue weighted by Crippen LogP contribution is 2.38. The molecule has 5 heteroatoms. The van der Waals surface area contributed by atoms with Crippen LogP contribution in [0.3, 0.4) is 0 Å². The van der Waals surface area contributed by atoms with Crippen molar-refractivity contribution in [2.75, 3.05) is 5.73 Å². The molecule has 0 radical (unpaired) electrons. The molecule has 0 bridgehead atoms. The van der Waals surface area contributed by atoms with Gasteiger partial charge in [0.05, 0.1) is 0 Å². The molecule has 0 aliphatic heterocycles. The Bertz CT molecular complexity index is 361. The zero-order valence-corrected chi connectivity index (χ0v) is 10.3. The number of pyridine rings is 1. The lowest BCUT2D eigenvalue weighted by Crippen LogP contribution is -2.33. The van der Waals surface area contributed by atoms with Gasteiger partial charge in [-0.1, -0.05) is 13.8 Å². The van der Waals surface area contributed by atoms with Gasteiger partial charge in [0.2, 0.25) is 0 Å². The predicted octanol–water partition coefficient (Wildman–Crippen LogP) is 2.40. The first-order valence-corrected chi connectivity index (χ1v) is 5.99. The van der Waals surface area contributed by atoms with E-state index in [0.29, 0.717) is 18.7 Å². The molecule has 0 saturated carbocycles. The maximum absolute atomic E-state index is 11.3. The van der Waals surface area contributed by atoms with Gasteiger partial charge in [0, 0.05) is 11.1 Å². The van der Waals surface area contributed by atoms with E-state index < -0.39 is 10.7 Å². The van der Waals surface area contributed by atoms with Crippen molar-refractivity contribution in [3.8, 4) is 0 Å². The van der Waals surface area contributed by atoms with E-state index in [9.17, 15) is 9.90 Å². The van der Waals surface area contributed by atoms with E-state index in [2.05, 4.69) is 4.98 Å². The molecule has 16 heavy (non-hydrogen) atoms. The number of aromatic nitrogens is 1. The van der Waals surface area contributed by atoms with E-state index in [0.717, 1.165) is 4.90 Å². The lowest BCUT2D eigenvalue weighted by atomic mass is 10.0. The van der Waals surface area contributed by atoms with Crippen LogP contribution in [0.4, 0.5) is 5.82 Å². The molecule has 0 spiro atoms. The Morgan fingerprint density at radius 3 is 2.50 bits per heavy atom. The maximum Gasteiger partial charge on any atom is 0.320 e. The molecule has 0 amide bonds. The van der Waals surface area contributed by atoms with Crippen LogP contribution in [0.15, 0.2) is 23.2 Å². The number of hydrogen-bond donors (Lipinski definition) is 2. The summed E-state index contributed by atoms with van der Waals surface area (Å²) in [6.45, 7) is 3.77. The number of nitrogen functional groups attached to an aromatic ring is 1. The molecule has 0 fully saturated rings. The lowest BCUT2D eigenvalue weighted by molar-refractivity contribution is -0.140. The third-order valence-electron chi connectivity index (χ3n) is 2.60. The highest BCUT2D eigenvalue weighted by atomic mass is 32.2. The number of thioether (sulfide) groups is 1. The Morgan fingerprint density at radius 2 is 2.12 bits per heavy atom. The molecule has 1 rings (SSSR count). The third-order valence-corrected chi connectivity index (χ3v) is 4.22. The third kappa shape index (κ3) is 2.66. The predicted molar refractivity (Wildman–Crippen MR) is 65.5 cm³/mol. The second kappa shape index (κ2) is 5.21. The van der Waals surface area contributed by atoms with Crippen LogP contribution in [0.5, 0.6) is 0 Å². The zero-order chi connectivity index (χ0) is 12.2. The molecule has 88 valence electrons. The zero-order valence-electron chi connectivity index (χ0n) is 9.43. The Kier molecular flexibility index (Phi) is 4.18. The lowest BCUT2D eigenvalue weighted by Gasteiger charge is -2.25. The van der Waals surface area contributed by atoms with Crippen LogP contribution in [-0.4, -0.2) is 20.8 Å². The van der Waals surface area contributed by atoms with Crippen molar-refractivity contribution >= 4 is 23.5 Å². The minimum Gasteiger partial charge on any atom is -0.480 e. The van der Waals surface area contributed by atoms with Gasteiger partial charge in [0.15, 0.2) is 0 Å². The van der Waals surface area contributed by atoms with Crippen LogP contribution in [0, 0.1) is 0 Å². The maximum atomic E-state index is 11.3. The Hall–Kier alpha value is -1.23. The second-order valence-corrected chi connectivity index (χ2v) is 4.98. The van der Waals surface area contributed by atoms with Crippen LogP contribution in [0.1, 0.15) is 26.7 Å². The second-order valence-electron chi connectivity index (χ2n) is 3.53. The van der Waals surface area contributed by atoms with Crippen LogP contribution in [-0.2, 0) is 4.79 Å². The number of carboxylic acid groups (broad SMARTS) is 1. The summed E-state index contributed by atoms with van der Waals surface area (Å²) in [6.07, 6.45) is 2.77. The summed E-state index contributed by atoms with van der Waals surface area (Å²) in [5, 5.41) is 9.27. The summed E-state index contributed by atoms with van der Waals surface area (Å²) in [5.74, 6) is -0.336. The van der Waals surface area contributed by atoms with E-state index in [-0.39, 0.29) is 0 Å². The van der Waals surface area contributed by atoms with Gasteiger partial charge in [-0.3, -0.25) is 4.79 Å². The van der Waals surface area contributed by atoms with Crippen LogP contribution in [0.2, 0.25) is 0 Å². The van der Waals surface area contributed by atoms with E-state index in [4.69, 9.17) is 5.73 Å². The van der Waals surface area contributed by atoms with Gasteiger partial charge in [-0.25, -0.2) is 4.98 Å². The topological polar surface area (TPSA) is 76.2 Å². The highest BCUT2D eigenvalue weighted by Gasteiger charge is 2.36. The van der Waals surface area contributed by atoms with Gasteiger partial charge < -0.3 is 10.8 Å². The van der Waals surface area contributed by atoms with Crippen LogP contribution < -0.4 is 5.73 Å². The normalized spacial score (nSPS) is 11.4. The van der Waals surface area contributed by atoms with Gasteiger partial charge in [-0.2, -0.15) is 0 Å². The number of carbonyl (C=O) groups is 1. The Labute approximate surface area is 99.3 Å². The number of nitrogens with zero attached hydrogens (tertiary/aromatic N) is 1. The van der Waals surface area contributed by atoms with Gasteiger partial charge in [-0.05, 0) is 25.0 Å². The van der Waals surface area contributed by atoms with E-state index >= 15 is 0 Å². The first-order valence-electron chi connectivity index (χ1n) is 5.18. The average molecular weight is 240 g/mol. The molecular weight excluding hydrogens is 224 g/mol. The Morgan fingerprint density at radius 1 is 1.50 bits per heavy atom. The molecule has 0 aliphatic rings. The fourth-order valence-corrected chi connectivity index (χ4v) is 2.49. The van der Waals surface area contributed by atoms with Gasteiger partial charge in [0.1, 0.15) is 10.6 Å². The quantitative estimate of drug-likeness (QED) is 0.773. The first kappa shape index (κ1) is 12.8. The van der Waals surface area contributed by atoms with E-state index in [1.165, 1.54) is 11.8 Å². The number of hydrogen-bond acceptors (Lipinski definition) is 4. The standard InChI is InChI=1S/C11H16N2O2S/c1-3-11(4-2,10(14)15)16-8-5-6-9(12)13-7-8/h5-7H,3-4H2,1-2H3,(H2,12,13)(H,14,15). The smallest absolute Gasteiger partial charge is 0.320 e. The number of rotatable bonds is 5. The van der Waals surface area contributed by atoms with Crippen molar-refractivity contribution < 1.29 is 9.90 Å². The largest absolute Gasteiger partial charge is 0.480 e. The molecule has 1 aromatic rings. The number of anilines is 1. The molecular formula is C11H16N2O2S. The average Bonchev–Trinajstić information content (AvgIpc) is 2.28. The molecule has 0 saturated heterocycles. The fraction of sp³-hybridized carbons (Fsp3) is 0.455. The molecule has 3 N–H and O–H groups in total. The molecule has 0 atom stereocenters. The minimum absolute atomic E-state index is 0.443. The molecule has 0 aromatic carbocycles. The minimum atomic E-state index is -0.778. The molecule has 0 unspecified atom stereocenters. The summed E-state index contributed by atoms with van der Waals surface area (Å²) in [6, 6.07) is 3.48. The van der Waals surface area contributed by atoms with Crippen molar-refractivity contribution in [3.05, 3.63) is 18.3 Å².